The highest BCUT2D eigenvalue weighted by Crippen LogP contribution is 2.29. The van der Waals surface area contributed by atoms with Crippen LogP contribution in [0.5, 0.6) is 0 Å². The first-order chi connectivity index (χ1) is 9.88. The number of hydrogen-bond donors (Lipinski definition) is 2. The van der Waals surface area contributed by atoms with Crippen LogP contribution in [-0.2, 0) is 9.53 Å². The fourth-order valence-electron chi connectivity index (χ4n) is 2.29. The molecule has 0 aromatic heterocycles. The van der Waals surface area contributed by atoms with E-state index in [1.54, 1.807) is 18.7 Å². The summed E-state index contributed by atoms with van der Waals surface area (Å²) in [4.78, 5) is 24.8. The van der Waals surface area contributed by atoms with E-state index >= 15 is 0 Å². The number of ether oxygens (including phenoxy) is 1. The van der Waals surface area contributed by atoms with Gasteiger partial charge in [-0.15, -0.1) is 11.8 Å². The molecule has 1 aromatic rings. The summed E-state index contributed by atoms with van der Waals surface area (Å²) in [6.07, 6.45) is 1.94. The molecular weight excluding hydrogens is 290 g/mol. The van der Waals surface area contributed by atoms with Crippen LogP contribution in [0.3, 0.4) is 0 Å². The molecule has 1 fully saturated rings. The summed E-state index contributed by atoms with van der Waals surface area (Å²) in [5.41, 5.74) is 0.350. The van der Waals surface area contributed by atoms with E-state index in [2.05, 4.69) is 5.32 Å². The van der Waals surface area contributed by atoms with Gasteiger partial charge in [-0.2, -0.15) is 0 Å². The lowest BCUT2D eigenvalue weighted by molar-refractivity contribution is -0.148. The third-order valence-electron chi connectivity index (χ3n) is 3.94. The SMILES string of the molecule is CSc1ccc(C)c(C(=O)NC2COCC2(C)C(=O)O)c1. The minimum absolute atomic E-state index is 0.108. The summed E-state index contributed by atoms with van der Waals surface area (Å²) >= 11 is 1.56. The smallest absolute Gasteiger partial charge is 0.313 e. The Bertz CT molecular complexity index is 575. The zero-order valence-corrected chi connectivity index (χ0v) is 13.1. The Hall–Kier alpha value is -1.53. The Labute approximate surface area is 128 Å². The Morgan fingerprint density at radius 1 is 1.48 bits per heavy atom. The second-order valence-electron chi connectivity index (χ2n) is 5.44. The minimum atomic E-state index is -1.08. The summed E-state index contributed by atoms with van der Waals surface area (Å²) in [5.74, 6) is -1.22. The molecule has 1 saturated heterocycles. The van der Waals surface area contributed by atoms with E-state index in [0.717, 1.165) is 10.5 Å². The van der Waals surface area contributed by atoms with Gasteiger partial charge in [0.05, 0.1) is 19.3 Å². The van der Waals surface area contributed by atoms with Crippen LogP contribution in [0.25, 0.3) is 0 Å². The molecule has 2 N–H and O–H groups in total. The molecule has 6 heteroatoms. The summed E-state index contributed by atoms with van der Waals surface area (Å²) in [7, 11) is 0. The average Bonchev–Trinajstić information content (AvgIpc) is 2.82. The number of aryl methyl sites for hydroxylation is 1. The van der Waals surface area contributed by atoms with E-state index in [-0.39, 0.29) is 19.1 Å². The Morgan fingerprint density at radius 3 is 2.81 bits per heavy atom. The van der Waals surface area contributed by atoms with Crippen molar-refractivity contribution in [2.24, 2.45) is 5.41 Å². The van der Waals surface area contributed by atoms with E-state index < -0.39 is 17.4 Å². The van der Waals surface area contributed by atoms with Crippen LogP contribution >= 0.6 is 11.8 Å². The zero-order valence-electron chi connectivity index (χ0n) is 12.3. The van der Waals surface area contributed by atoms with Crippen LogP contribution in [0.2, 0.25) is 0 Å². The number of carboxylic acid groups (broad SMARTS) is 1. The van der Waals surface area contributed by atoms with Crippen molar-refractivity contribution >= 4 is 23.6 Å². The second-order valence-corrected chi connectivity index (χ2v) is 6.32. The van der Waals surface area contributed by atoms with E-state index in [9.17, 15) is 14.7 Å². The molecule has 21 heavy (non-hydrogen) atoms. The van der Waals surface area contributed by atoms with Crippen molar-refractivity contribution in [2.75, 3.05) is 19.5 Å². The van der Waals surface area contributed by atoms with Crippen LogP contribution < -0.4 is 5.32 Å². The van der Waals surface area contributed by atoms with Gasteiger partial charge >= 0.3 is 5.97 Å². The van der Waals surface area contributed by atoms with Crippen molar-refractivity contribution in [3.05, 3.63) is 29.3 Å². The van der Waals surface area contributed by atoms with Gasteiger partial charge in [0.1, 0.15) is 5.41 Å². The molecule has 1 aromatic carbocycles. The molecule has 0 spiro atoms. The van der Waals surface area contributed by atoms with Crippen LogP contribution in [-0.4, -0.2) is 42.5 Å². The number of carboxylic acids is 1. The summed E-state index contributed by atoms with van der Waals surface area (Å²) < 4.78 is 5.25. The van der Waals surface area contributed by atoms with Gasteiger partial charge in [-0.1, -0.05) is 6.07 Å². The molecule has 2 unspecified atom stereocenters. The van der Waals surface area contributed by atoms with E-state index in [1.165, 1.54) is 0 Å². The molecule has 1 aliphatic heterocycles. The van der Waals surface area contributed by atoms with Crippen molar-refractivity contribution < 1.29 is 19.4 Å². The van der Waals surface area contributed by atoms with Gasteiger partial charge in [0.25, 0.3) is 5.91 Å². The lowest BCUT2D eigenvalue weighted by atomic mass is 9.85. The highest BCUT2D eigenvalue weighted by molar-refractivity contribution is 7.98. The molecule has 5 nitrogen and oxygen atoms in total. The zero-order chi connectivity index (χ0) is 15.6. The quantitative estimate of drug-likeness (QED) is 0.831. The minimum Gasteiger partial charge on any atom is -0.481 e. The number of hydrogen-bond acceptors (Lipinski definition) is 4. The fourth-order valence-corrected chi connectivity index (χ4v) is 2.73. The number of aliphatic carboxylic acids is 1. The average molecular weight is 309 g/mol. The van der Waals surface area contributed by atoms with E-state index in [1.807, 2.05) is 31.4 Å². The molecule has 114 valence electrons. The first-order valence-electron chi connectivity index (χ1n) is 6.65. The maximum atomic E-state index is 12.4. The van der Waals surface area contributed by atoms with Gasteiger partial charge in [0.15, 0.2) is 0 Å². The Morgan fingerprint density at radius 2 is 2.19 bits per heavy atom. The normalized spacial score (nSPS) is 24.8. The first-order valence-corrected chi connectivity index (χ1v) is 7.87. The number of nitrogens with one attached hydrogen (secondary N) is 1. The van der Waals surface area contributed by atoms with Crippen LogP contribution in [0.4, 0.5) is 0 Å². The maximum Gasteiger partial charge on any atom is 0.313 e. The van der Waals surface area contributed by atoms with Crippen molar-refractivity contribution in [2.45, 2.75) is 24.8 Å². The molecule has 1 heterocycles. The lowest BCUT2D eigenvalue weighted by Gasteiger charge is -2.25. The van der Waals surface area contributed by atoms with Gasteiger partial charge in [0, 0.05) is 10.5 Å². The largest absolute Gasteiger partial charge is 0.481 e. The first kappa shape index (κ1) is 15.9. The molecular formula is C15H19NO4S. The van der Waals surface area contributed by atoms with Gasteiger partial charge in [-0.3, -0.25) is 9.59 Å². The molecule has 0 saturated carbocycles. The second kappa shape index (κ2) is 6.07. The molecule has 2 atom stereocenters. The highest BCUT2D eigenvalue weighted by atomic mass is 32.2. The number of benzene rings is 1. The predicted molar refractivity (Wildman–Crippen MR) is 80.8 cm³/mol. The van der Waals surface area contributed by atoms with Gasteiger partial charge in [-0.05, 0) is 37.8 Å². The predicted octanol–water partition coefficient (Wildman–Crippen LogP) is 1.94. The molecule has 2 rings (SSSR count). The number of rotatable bonds is 4. The third kappa shape index (κ3) is 3.06. The summed E-state index contributed by atoms with van der Waals surface area (Å²) in [6, 6.07) is 5.14. The van der Waals surface area contributed by atoms with Crippen LogP contribution in [0.1, 0.15) is 22.8 Å². The summed E-state index contributed by atoms with van der Waals surface area (Å²) in [5, 5.41) is 12.1. The van der Waals surface area contributed by atoms with Crippen molar-refractivity contribution in [1.29, 1.82) is 0 Å². The molecule has 0 radical (unpaired) electrons. The fraction of sp³-hybridized carbons (Fsp3) is 0.467. The van der Waals surface area contributed by atoms with Gasteiger partial charge < -0.3 is 15.2 Å². The molecule has 0 aliphatic carbocycles. The maximum absolute atomic E-state index is 12.4. The number of amides is 1. The molecule has 1 amide bonds. The standard InChI is InChI=1S/C15H19NO4S/c1-9-4-5-10(21-3)6-11(9)13(17)16-12-7-20-8-15(12,2)14(18)19/h4-6,12H,7-8H2,1-3H3,(H,16,17)(H,18,19). The lowest BCUT2D eigenvalue weighted by Crippen LogP contribution is -2.49. The van der Waals surface area contributed by atoms with Crippen LogP contribution in [0.15, 0.2) is 23.1 Å². The van der Waals surface area contributed by atoms with Crippen molar-refractivity contribution in [3.63, 3.8) is 0 Å². The van der Waals surface area contributed by atoms with Gasteiger partial charge in [-0.25, -0.2) is 0 Å². The Balaban J connectivity index is 2.20. The van der Waals surface area contributed by atoms with Crippen LogP contribution in [0, 0.1) is 12.3 Å². The van der Waals surface area contributed by atoms with Crippen molar-refractivity contribution in [1.82, 2.24) is 5.32 Å². The third-order valence-corrected chi connectivity index (χ3v) is 4.66. The number of carbonyl (C=O) groups is 2. The topological polar surface area (TPSA) is 75.6 Å². The summed E-state index contributed by atoms with van der Waals surface area (Å²) in [6.45, 7) is 3.78. The van der Waals surface area contributed by atoms with Gasteiger partial charge in [0.2, 0.25) is 0 Å². The molecule has 1 aliphatic rings. The monoisotopic (exact) mass is 309 g/mol. The number of carbonyl (C=O) groups excluding carboxylic acids is 1. The van der Waals surface area contributed by atoms with E-state index in [0.29, 0.717) is 5.56 Å². The van der Waals surface area contributed by atoms with Crippen molar-refractivity contribution in [3.8, 4) is 0 Å². The molecule has 0 bridgehead atoms. The van der Waals surface area contributed by atoms with E-state index in [4.69, 9.17) is 4.74 Å². The number of thioether (sulfide) groups is 1. The highest BCUT2D eigenvalue weighted by Gasteiger charge is 2.47. The Kier molecular flexibility index (Phi) is 4.58.